The van der Waals surface area contributed by atoms with Crippen LogP contribution in [0.2, 0.25) is 0 Å². The van der Waals surface area contributed by atoms with Crippen LogP contribution in [0.1, 0.15) is 12.8 Å². The van der Waals surface area contributed by atoms with Crippen LogP contribution in [0, 0.1) is 0 Å². The fraction of sp³-hybridized carbons (Fsp3) is 0.400. The van der Waals surface area contributed by atoms with Crippen LogP contribution in [0.5, 0.6) is 0 Å². The Hall–Kier alpha value is -1.62. The van der Waals surface area contributed by atoms with Gasteiger partial charge >= 0.3 is 5.97 Å². The summed E-state index contributed by atoms with van der Waals surface area (Å²) in [5.74, 6) is -0.309. The molecule has 0 saturated heterocycles. The molecule has 1 heterocycles. The number of pyridine rings is 1. The summed E-state index contributed by atoms with van der Waals surface area (Å²) >= 11 is 0. The highest BCUT2D eigenvalue weighted by Crippen LogP contribution is 2.06. The molecule has 0 aliphatic carbocycles. The van der Waals surface area contributed by atoms with Gasteiger partial charge in [0.15, 0.2) is 0 Å². The zero-order valence-corrected chi connectivity index (χ0v) is 8.39. The molecule has 1 rings (SSSR count). The molecule has 82 valence electrons. The molecule has 0 fully saturated rings. The minimum atomic E-state index is -0.880. The Morgan fingerprint density at radius 1 is 1.60 bits per heavy atom. The summed E-state index contributed by atoms with van der Waals surface area (Å²) in [5, 5.41) is 11.8. The monoisotopic (exact) mass is 209 g/mol. The van der Waals surface area contributed by atoms with Gasteiger partial charge in [0, 0.05) is 6.20 Å². The van der Waals surface area contributed by atoms with Crippen molar-refractivity contribution >= 4 is 11.8 Å². The van der Waals surface area contributed by atoms with Crippen molar-refractivity contribution in [1.82, 2.24) is 4.98 Å². The third kappa shape index (κ3) is 3.95. The molecule has 1 aromatic rings. The predicted molar refractivity (Wildman–Crippen MR) is 57.6 cm³/mol. The van der Waals surface area contributed by atoms with Crippen LogP contribution in [-0.2, 0) is 4.79 Å². The van der Waals surface area contributed by atoms with Gasteiger partial charge in [-0.1, -0.05) is 6.07 Å². The number of nitrogens with zero attached hydrogens (tertiary/aromatic N) is 1. The number of nitrogens with two attached hydrogens (primary N) is 1. The summed E-state index contributed by atoms with van der Waals surface area (Å²) < 4.78 is 0. The Labute approximate surface area is 88.3 Å². The Bertz CT molecular complexity index is 303. The first-order chi connectivity index (χ1) is 7.24. The van der Waals surface area contributed by atoms with E-state index >= 15 is 0 Å². The largest absolute Gasteiger partial charge is 0.480 e. The first-order valence-electron chi connectivity index (χ1n) is 4.84. The van der Waals surface area contributed by atoms with E-state index in [4.69, 9.17) is 10.8 Å². The van der Waals surface area contributed by atoms with Crippen LogP contribution in [0.25, 0.3) is 0 Å². The summed E-state index contributed by atoms with van der Waals surface area (Å²) in [5.41, 5.74) is 5.33. The van der Waals surface area contributed by atoms with Crippen LogP contribution >= 0.6 is 0 Å². The van der Waals surface area contributed by atoms with Gasteiger partial charge in [-0.15, -0.1) is 0 Å². The van der Waals surface area contributed by atoms with Gasteiger partial charge in [-0.05, 0) is 31.5 Å². The standard InChI is InChI=1S/C10H15N3O2/c11-6-3-4-8(10(14)15)13-9-5-1-2-7-12-9/h1-2,5,7-8H,3-4,6,11H2,(H,12,13)(H,14,15)/t8-/m0/s1. The van der Waals surface area contributed by atoms with Crippen molar-refractivity contribution in [1.29, 1.82) is 0 Å². The van der Waals surface area contributed by atoms with Gasteiger partial charge in [-0.2, -0.15) is 0 Å². The number of nitrogens with one attached hydrogen (secondary N) is 1. The Morgan fingerprint density at radius 3 is 2.93 bits per heavy atom. The number of carboxylic acid groups (broad SMARTS) is 1. The van der Waals surface area contributed by atoms with Crippen molar-refractivity contribution in [2.75, 3.05) is 11.9 Å². The van der Waals surface area contributed by atoms with Crippen molar-refractivity contribution in [3.05, 3.63) is 24.4 Å². The highest BCUT2D eigenvalue weighted by atomic mass is 16.4. The molecule has 0 aliphatic heterocycles. The van der Waals surface area contributed by atoms with Crippen LogP contribution in [0.3, 0.4) is 0 Å². The van der Waals surface area contributed by atoms with Gasteiger partial charge in [-0.3, -0.25) is 0 Å². The molecule has 0 spiro atoms. The fourth-order valence-electron chi connectivity index (χ4n) is 1.21. The fourth-order valence-corrected chi connectivity index (χ4v) is 1.21. The molecule has 1 atom stereocenters. The van der Waals surface area contributed by atoms with E-state index in [1.165, 1.54) is 0 Å². The second-order valence-corrected chi connectivity index (χ2v) is 3.18. The van der Waals surface area contributed by atoms with E-state index in [0.29, 0.717) is 25.2 Å². The lowest BCUT2D eigenvalue weighted by Gasteiger charge is -2.14. The number of rotatable bonds is 6. The van der Waals surface area contributed by atoms with Crippen LogP contribution in [-0.4, -0.2) is 28.6 Å². The summed E-state index contributed by atoms with van der Waals surface area (Å²) in [4.78, 5) is 14.9. The highest BCUT2D eigenvalue weighted by molar-refractivity contribution is 5.76. The molecule has 0 aromatic carbocycles. The van der Waals surface area contributed by atoms with Crippen molar-refractivity contribution in [3.8, 4) is 0 Å². The molecule has 0 aliphatic rings. The number of aromatic nitrogens is 1. The van der Waals surface area contributed by atoms with Gasteiger partial charge in [0.2, 0.25) is 0 Å². The van der Waals surface area contributed by atoms with Crippen molar-refractivity contribution in [2.24, 2.45) is 5.73 Å². The average Bonchev–Trinajstić information content (AvgIpc) is 2.25. The molecule has 0 bridgehead atoms. The lowest BCUT2D eigenvalue weighted by molar-refractivity contribution is -0.138. The van der Waals surface area contributed by atoms with Crippen LogP contribution in [0.4, 0.5) is 5.82 Å². The number of carbonyl (C=O) groups is 1. The number of hydrogen-bond acceptors (Lipinski definition) is 4. The second-order valence-electron chi connectivity index (χ2n) is 3.18. The Balaban J connectivity index is 2.55. The molecule has 1 aromatic heterocycles. The molecule has 15 heavy (non-hydrogen) atoms. The third-order valence-electron chi connectivity index (χ3n) is 1.98. The van der Waals surface area contributed by atoms with Crippen molar-refractivity contribution in [3.63, 3.8) is 0 Å². The maximum Gasteiger partial charge on any atom is 0.326 e. The van der Waals surface area contributed by atoms with E-state index in [2.05, 4.69) is 10.3 Å². The smallest absolute Gasteiger partial charge is 0.326 e. The second kappa shape index (κ2) is 5.98. The molecule has 5 nitrogen and oxygen atoms in total. The number of anilines is 1. The molecule has 5 heteroatoms. The summed E-state index contributed by atoms with van der Waals surface area (Å²) in [7, 11) is 0. The minimum Gasteiger partial charge on any atom is -0.480 e. The topological polar surface area (TPSA) is 88.2 Å². The highest BCUT2D eigenvalue weighted by Gasteiger charge is 2.16. The summed E-state index contributed by atoms with van der Waals surface area (Å²) in [6, 6.07) is 4.69. The van der Waals surface area contributed by atoms with Crippen molar-refractivity contribution in [2.45, 2.75) is 18.9 Å². The van der Waals surface area contributed by atoms with Gasteiger partial charge in [0.25, 0.3) is 0 Å². The van der Waals surface area contributed by atoms with Gasteiger partial charge < -0.3 is 16.2 Å². The van der Waals surface area contributed by atoms with Gasteiger partial charge in [-0.25, -0.2) is 9.78 Å². The maximum absolute atomic E-state index is 10.9. The maximum atomic E-state index is 10.9. The van der Waals surface area contributed by atoms with E-state index in [0.717, 1.165) is 0 Å². The predicted octanol–water partition coefficient (Wildman–Crippen LogP) is 0.686. The van der Waals surface area contributed by atoms with Crippen LogP contribution < -0.4 is 11.1 Å². The van der Waals surface area contributed by atoms with Crippen molar-refractivity contribution < 1.29 is 9.90 Å². The third-order valence-corrected chi connectivity index (χ3v) is 1.98. The van der Waals surface area contributed by atoms with Crippen LogP contribution in [0.15, 0.2) is 24.4 Å². The average molecular weight is 209 g/mol. The SMILES string of the molecule is NCCC[C@H](Nc1ccccn1)C(=O)O. The molecule has 0 radical (unpaired) electrons. The lowest BCUT2D eigenvalue weighted by Crippen LogP contribution is -2.30. The lowest BCUT2D eigenvalue weighted by atomic mass is 10.1. The quantitative estimate of drug-likeness (QED) is 0.641. The number of aliphatic carboxylic acids is 1. The normalized spacial score (nSPS) is 12.1. The first kappa shape index (κ1) is 11.5. The number of hydrogen-bond donors (Lipinski definition) is 3. The number of carboxylic acids is 1. The molecule has 0 amide bonds. The Morgan fingerprint density at radius 2 is 2.40 bits per heavy atom. The van der Waals surface area contributed by atoms with Gasteiger partial charge in [0.1, 0.15) is 11.9 Å². The zero-order valence-electron chi connectivity index (χ0n) is 8.39. The molecule has 4 N–H and O–H groups in total. The first-order valence-corrected chi connectivity index (χ1v) is 4.84. The summed E-state index contributed by atoms with van der Waals surface area (Å²) in [6.07, 6.45) is 2.80. The zero-order chi connectivity index (χ0) is 11.1. The van der Waals surface area contributed by atoms with E-state index in [-0.39, 0.29) is 0 Å². The van der Waals surface area contributed by atoms with E-state index in [1.807, 2.05) is 0 Å². The van der Waals surface area contributed by atoms with E-state index in [1.54, 1.807) is 24.4 Å². The van der Waals surface area contributed by atoms with E-state index in [9.17, 15) is 4.79 Å². The Kier molecular flexibility index (Phi) is 4.56. The minimum absolute atomic E-state index is 0.494. The summed E-state index contributed by atoms with van der Waals surface area (Å²) in [6.45, 7) is 0.494. The van der Waals surface area contributed by atoms with Gasteiger partial charge in [0.05, 0.1) is 0 Å². The van der Waals surface area contributed by atoms with E-state index < -0.39 is 12.0 Å². The molecular formula is C10H15N3O2. The molecule has 0 unspecified atom stereocenters. The molecular weight excluding hydrogens is 194 g/mol. The molecule has 0 saturated carbocycles.